The summed E-state index contributed by atoms with van der Waals surface area (Å²) in [5.41, 5.74) is -5.04. The van der Waals surface area contributed by atoms with Crippen LogP contribution in [0.5, 0.6) is 5.88 Å². The van der Waals surface area contributed by atoms with Crippen LogP contribution in [0.15, 0.2) is 24.3 Å². The van der Waals surface area contributed by atoms with E-state index in [1.807, 2.05) is 0 Å². The molecule has 0 spiro atoms. The van der Waals surface area contributed by atoms with Gasteiger partial charge in [-0.2, -0.15) is 21.6 Å². The summed E-state index contributed by atoms with van der Waals surface area (Å²) in [6, 6.07) is 5.51. The lowest BCUT2D eigenvalue weighted by Gasteiger charge is -2.23. The fourth-order valence-electron chi connectivity index (χ4n) is 3.66. The highest BCUT2D eigenvalue weighted by molar-refractivity contribution is 7.93. The predicted molar refractivity (Wildman–Crippen MR) is 105 cm³/mol. The van der Waals surface area contributed by atoms with E-state index >= 15 is 0 Å². The first-order valence-electron chi connectivity index (χ1n) is 9.67. The monoisotopic (exact) mass is 448 g/mol. The van der Waals surface area contributed by atoms with Crippen LogP contribution in [-0.2, 0) is 21.3 Å². The van der Waals surface area contributed by atoms with Gasteiger partial charge in [0.25, 0.3) is 0 Å². The van der Waals surface area contributed by atoms with Crippen LogP contribution in [0.3, 0.4) is 0 Å². The van der Waals surface area contributed by atoms with Crippen molar-refractivity contribution in [3.8, 4) is 5.88 Å². The molecular weight excluding hydrogens is 425 g/mol. The zero-order chi connectivity index (χ0) is 21.9. The van der Waals surface area contributed by atoms with E-state index in [4.69, 9.17) is 9.47 Å². The van der Waals surface area contributed by atoms with Crippen molar-refractivity contribution in [3.05, 3.63) is 24.3 Å². The molecule has 0 saturated heterocycles. The van der Waals surface area contributed by atoms with Gasteiger partial charge in [0.05, 0.1) is 12.1 Å². The molecule has 3 rings (SSSR count). The second-order valence-electron chi connectivity index (χ2n) is 7.21. The van der Waals surface area contributed by atoms with Crippen LogP contribution in [0.1, 0.15) is 39.0 Å². The highest BCUT2D eigenvalue weighted by atomic mass is 32.2. The summed E-state index contributed by atoms with van der Waals surface area (Å²) >= 11 is 0. The number of nitrogens with one attached hydrogen (secondary N) is 1. The third-order valence-corrected chi connectivity index (χ3v) is 6.15. The van der Waals surface area contributed by atoms with Crippen LogP contribution in [-0.4, -0.2) is 31.3 Å². The molecule has 0 atom stereocenters. The summed E-state index contributed by atoms with van der Waals surface area (Å²) in [7, 11) is -5.53. The maximum Gasteiger partial charge on any atom is 0.516 e. The highest BCUT2D eigenvalue weighted by Gasteiger charge is 2.46. The van der Waals surface area contributed by atoms with Crippen LogP contribution in [0.2, 0.25) is 0 Å². The summed E-state index contributed by atoms with van der Waals surface area (Å²) in [6.07, 6.45) is 4.58. The number of ether oxygens (including phenoxy) is 2. The molecule has 0 unspecified atom stereocenters. The molecule has 30 heavy (non-hydrogen) atoms. The first-order chi connectivity index (χ1) is 14.1. The third kappa shape index (κ3) is 5.00. The van der Waals surface area contributed by atoms with Crippen LogP contribution < -0.4 is 9.46 Å². The number of rotatable bonds is 6. The molecule has 1 fully saturated rings. The molecule has 0 bridgehead atoms. The number of carbonyl (C=O) groups excluding carboxylic acids is 1. The molecule has 0 aliphatic heterocycles. The molecule has 1 aromatic carbocycles. The molecule has 0 radical (unpaired) electrons. The van der Waals surface area contributed by atoms with Crippen molar-refractivity contribution in [1.82, 2.24) is 4.57 Å². The Bertz CT molecular complexity index is 1010. The number of benzene rings is 1. The molecule has 7 nitrogen and oxygen atoms in total. The van der Waals surface area contributed by atoms with Crippen molar-refractivity contribution in [2.75, 3.05) is 11.3 Å². The quantitative estimate of drug-likeness (QED) is 0.627. The van der Waals surface area contributed by atoms with Gasteiger partial charge in [0.2, 0.25) is 5.88 Å². The molecule has 2 aromatic rings. The SMILES string of the molecule is CCOC(=O)Oc1cc2cc(NS(=O)(=O)C(F)(F)F)ccc2n1CC1CCCCC1. The molecule has 166 valence electrons. The topological polar surface area (TPSA) is 86.6 Å². The Kier molecular flexibility index (Phi) is 6.49. The van der Waals surface area contributed by atoms with Crippen LogP contribution >= 0.6 is 0 Å². The number of anilines is 1. The fourth-order valence-corrected chi connectivity index (χ4v) is 4.21. The van der Waals surface area contributed by atoms with Crippen molar-refractivity contribution in [2.24, 2.45) is 5.92 Å². The standard InChI is InChI=1S/C19H23F3N2O5S/c1-2-28-18(25)29-17-11-14-10-15(23-30(26,27)19(20,21)22)8-9-16(14)24(17)12-13-6-4-3-5-7-13/h8-11,13,23H,2-7,12H2,1H3. The number of fused-ring (bicyclic) bond motifs is 1. The number of nitrogens with zero attached hydrogens (tertiary/aromatic N) is 1. The van der Waals surface area contributed by atoms with Crippen molar-refractivity contribution in [3.63, 3.8) is 0 Å². The first-order valence-corrected chi connectivity index (χ1v) is 11.2. The summed E-state index contributed by atoms with van der Waals surface area (Å²) in [4.78, 5) is 11.8. The Balaban J connectivity index is 1.95. The predicted octanol–water partition coefficient (Wildman–Crippen LogP) is 5.02. The Morgan fingerprint density at radius 3 is 2.53 bits per heavy atom. The maximum atomic E-state index is 12.7. The van der Waals surface area contributed by atoms with Crippen molar-refractivity contribution in [2.45, 2.75) is 51.1 Å². The van der Waals surface area contributed by atoms with Crippen LogP contribution in [0, 0.1) is 5.92 Å². The Labute approximate surface area is 172 Å². The molecule has 1 N–H and O–H groups in total. The minimum absolute atomic E-state index is 0.130. The summed E-state index contributed by atoms with van der Waals surface area (Å²) in [6.45, 7) is 2.34. The molecule has 11 heteroatoms. The van der Waals surface area contributed by atoms with E-state index in [0.29, 0.717) is 23.4 Å². The molecule has 1 aliphatic carbocycles. The van der Waals surface area contributed by atoms with Crippen molar-refractivity contribution in [1.29, 1.82) is 0 Å². The lowest BCUT2D eigenvalue weighted by molar-refractivity contribution is -0.0429. The smallest absolute Gasteiger partial charge is 0.434 e. The largest absolute Gasteiger partial charge is 0.516 e. The zero-order valence-corrected chi connectivity index (χ0v) is 17.2. The maximum absolute atomic E-state index is 12.7. The number of carbonyl (C=O) groups is 1. The Morgan fingerprint density at radius 1 is 1.20 bits per heavy atom. The van der Waals surface area contributed by atoms with Crippen molar-refractivity contribution < 1.29 is 35.9 Å². The van der Waals surface area contributed by atoms with Gasteiger partial charge in [-0.15, -0.1) is 0 Å². The van der Waals surface area contributed by atoms with Gasteiger partial charge in [0.15, 0.2) is 0 Å². The number of hydrogen-bond acceptors (Lipinski definition) is 5. The number of alkyl halides is 3. The van der Waals surface area contributed by atoms with E-state index in [9.17, 15) is 26.4 Å². The van der Waals surface area contributed by atoms with Gasteiger partial charge in [0, 0.05) is 23.7 Å². The third-order valence-electron chi connectivity index (χ3n) is 5.04. The average Bonchev–Trinajstić information content (AvgIpc) is 2.98. The zero-order valence-electron chi connectivity index (χ0n) is 16.4. The molecule has 0 amide bonds. The lowest BCUT2D eigenvalue weighted by Crippen LogP contribution is -2.29. The van der Waals surface area contributed by atoms with E-state index in [2.05, 4.69) is 0 Å². The first kappa shape index (κ1) is 22.3. The van der Waals surface area contributed by atoms with Gasteiger partial charge < -0.3 is 14.0 Å². The number of sulfonamides is 1. The minimum Gasteiger partial charge on any atom is -0.434 e. The summed E-state index contributed by atoms with van der Waals surface area (Å²) in [5.74, 6) is 0.576. The number of aromatic nitrogens is 1. The highest BCUT2D eigenvalue weighted by Crippen LogP contribution is 2.34. The van der Waals surface area contributed by atoms with Crippen LogP contribution in [0.4, 0.5) is 23.7 Å². The normalized spacial score (nSPS) is 15.9. The Morgan fingerprint density at radius 2 is 1.90 bits per heavy atom. The molecule has 1 aliphatic rings. The van der Waals surface area contributed by atoms with Gasteiger partial charge in [-0.05, 0) is 43.9 Å². The van der Waals surface area contributed by atoms with E-state index < -0.39 is 21.7 Å². The van der Waals surface area contributed by atoms with Crippen molar-refractivity contribution >= 4 is 32.8 Å². The van der Waals surface area contributed by atoms with Gasteiger partial charge in [-0.3, -0.25) is 4.72 Å². The molecule has 1 aromatic heterocycles. The number of halogens is 3. The van der Waals surface area contributed by atoms with Gasteiger partial charge >= 0.3 is 21.7 Å². The molecular formula is C19H23F3N2O5S. The lowest BCUT2D eigenvalue weighted by atomic mass is 9.89. The van der Waals surface area contributed by atoms with E-state index in [-0.39, 0.29) is 18.2 Å². The second-order valence-corrected chi connectivity index (χ2v) is 8.88. The van der Waals surface area contributed by atoms with E-state index in [1.54, 1.807) is 11.5 Å². The number of hydrogen-bond donors (Lipinski definition) is 1. The van der Waals surface area contributed by atoms with Gasteiger partial charge in [-0.25, -0.2) is 4.79 Å². The molecule has 1 heterocycles. The van der Waals surface area contributed by atoms with Gasteiger partial charge in [-0.1, -0.05) is 19.3 Å². The van der Waals surface area contributed by atoms with E-state index in [1.165, 1.54) is 35.4 Å². The second kappa shape index (κ2) is 8.75. The van der Waals surface area contributed by atoms with Crippen LogP contribution in [0.25, 0.3) is 10.9 Å². The van der Waals surface area contributed by atoms with Gasteiger partial charge in [0.1, 0.15) is 0 Å². The van der Waals surface area contributed by atoms with E-state index in [0.717, 1.165) is 25.7 Å². The average molecular weight is 448 g/mol. The summed E-state index contributed by atoms with van der Waals surface area (Å²) in [5, 5.41) is 0.437. The fraction of sp³-hybridized carbons (Fsp3) is 0.526. The Hall–Kier alpha value is -2.43. The minimum atomic E-state index is -5.53. The molecule has 1 saturated carbocycles. The summed E-state index contributed by atoms with van der Waals surface area (Å²) < 4.78 is 74.1.